The van der Waals surface area contributed by atoms with Crippen molar-refractivity contribution >= 4 is 21.7 Å². The highest BCUT2D eigenvalue weighted by Crippen LogP contribution is 2.38. The van der Waals surface area contributed by atoms with E-state index in [1.807, 2.05) is 0 Å². The summed E-state index contributed by atoms with van der Waals surface area (Å²) in [7, 11) is -3.61. The van der Waals surface area contributed by atoms with Crippen molar-refractivity contribution in [2.24, 2.45) is 11.8 Å². The summed E-state index contributed by atoms with van der Waals surface area (Å²) in [6.45, 7) is 2.00. The summed E-state index contributed by atoms with van der Waals surface area (Å²) >= 11 is 0. The quantitative estimate of drug-likeness (QED) is 0.417. The molecule has 2 heterocycles. The van der Waals surface area contributed by atoms with Crippen molar-refractivity contribution in [3.05, 3.63) is 64.5 Å². The maximum Gasteiger partial charge on any atom is 0.416 e. The van der Waals surface area contributed by atoms with Gasteiger partial charge in [-0.15, -0.1) is 5.92 Å². The van der Waals surface area contributed by atoms with Crippen LogP contribution in [0.4, 0.5) is 17.6 Å². The van der Waals surface area contributed by atoms with Crippen molar-refractivity contribution in [3.63, 3.8) is 0 Å². The first-order chi connectivity index (χ1) is 18.7. The van der Waals surface area contributed by atoms with Crippen LogP contribution in [0.25, 0.3) is 0 Å². The first-order valence-corrected chi connectivity index (χ1v) is 14.5. The van der Waals surface area contributed by atoms with Gasteiger partial charge in [0, 0.05) is 35.6 Å². The number of carbonyl (C=O) groups is 2. The molecule has 4 atom stereocenters. The number of benzene rings is 2. The van der Waals surface area contributed by atoms with Gasteiger partial charge in [-0.1, -0.05) is 12.0 Å². The highest BCUT2D eigenvalue weighted by molar-refractivity contribution is 7.90. The average Bonchev–Trinajstić information content (AvgIpc) is 3.42. The van der Waals surface area contributed by atoms with E-state index in [4.69, 9.17) is 4.74 Å². The first-order valence-electron chi connectivity index (χ1n) is 12.6. The molecule has 0 radical (unpaired) electrons. The standard InChI is InChI=1S/C28H26F4N2O5S/c1-15-8-17(10-20(9-15)40(2,37)38)27(36)34-23-5-3-4-16(23)11-24(34)26(35)33-25(18-13-39-14-18)21-7-6-19(12-22(21)29)28(30,31)32/h6-10,12,16,18,23-25H,5,11,13-14H2,1-2H3,(H,33,35)/t16-,23-,24-,25-/m1/s1. The topological polar surface area (TPSA) is 92.8 Å². The summed E-state index contributed by atoms with van der Waals surface area (Å²) in [5, 5.41) is 2.77. The molecule has 1 N–H and O–H groups in total. The molecular formula is C28H26F4N2O5S. The Morgan fingerprint density at radius 2 is 1.88 bits per heavy atom. The van der Waals surface area contributed by atoms with Gasteiger partial charge < -0.3 is 15.0 Å². The molecule has 2 amide bonds. The zero-order valence-corrected chi connectivity index (χ0v) is 22.4. The Hall–Kier alpha value is -3.43. The van der Waals surface area contributed by atoms with Crippen LogP contribution in [0, 0.1) is 36.4 Å². The number of sulfone groups is 1. The van der Waals surface area contributed by atoms with Crippen LogP contribution < -0.4 is 5.32 Å². The summed E-state index contributed by atoms with van der Waals surface area (Å²) in [6.07, 6.45) is -3.15. The lowest BCUT2D eigenvalue weighted by atomic mass is 9.90. The second kappa shape index (κ2) is 10.2. The molecule has 5 rings (SSSR count). The molecule has 1 aliphatic carbocycles. The highest BCUT2D eigenvalue weighted by atomic mass is 32.2. The van der Waals surface area contributed by atoms with E-state index in [0.29, 0.717) is 18.1 Å². The van der Waals surface area contributed by atoms with Crippen LogP contribution in [0.15, 0.2) is 41.3 Å². The average molecular weight is 579 g/mol. The summed E-state index contributed by atoms with van der Waals surface area (Å²) in [5.74, 6) is 3.09. The maximum absolute atomic E-state index is 14.9. The Bertz CT molecular complexity index is 1540. The van der Waals surface area contributed by atoms with Crippen LogP contribution in [0.5, 0.6) is 0 Å². The Morgan fingerprint density at radius 1 is 1.15 bits per heavy atom. The maximum atomic E-state index is 14.9. The minimum atomic E-state index is -4.73. The minimum Gasteiger partial charge on any atom is -0.381 e. The van der Waals surface area contributed by atoms with Crippen molar-refractivity contribution in [1.29, 1.82) is 0 Å². The third kappa shape index (κ3) is 5.32. The molecule has 0 aromatic heterocycles. The van der Waals surface area contributed by atoms with Crippen LogP contribution in [0.3, 0.4) is 0 Å². The largest absolute Gasteiger partial charge is 0.416 e. The molecule has 0 spiro atoms. The normalized spacial score (nSPS) is 23.1. The molecule has 2 saturated heterocycles. The Labute approximate surface area is 228 Å². The van der Waals surface area contributed by atoms with Crippen LogP contribution >= 0.6 is 0 Å². The van der Waals surface area contributed by atoms with Crippen molar-refractivity contribution < 1.29 is 40.3 Å². The van der Waals surface area contributed by atoms with Crippen molar-refractivity contribution in [1.82, 2.24) is 10.2 Å². The van der Waals surface area contributed by atoms with E-state index in [1.54, 1.807) is 13.0 Å². The van der Waals surface area contributed by atoms with Crippen LogP contribution in [0.1, 0.15) is 45.9 Å². The van der Waals surface area contributed by atoms with Gasteiger partial charge in [0.1, 0.15) is 11.9 Å². The highest BCUT2D eigenvalue weighted by Gasteiger charge is 2.48. The molecule has 7 nitrogen and oxygen atoms in total. The first kappa shape index (κ1) is 28.1. The zero-order valence-electron chi connectivity index (χ0n) is 21.6. The van der Waals surface area contributed by atoms with Gasteiger partial charge in [0.25, 0.3) is 5.91 Å². The fraction of sp³-hybridized carbons (Fsp3) is 0.429. The van der Waals surface area contributed by atoms with E-state index in [2.05, 4.69) is 17.2 Å². The second-order valence-electron chi connectivity index (χ2n) is 10.5. The number of likely N-dealkylation sites (tertiary alicyclic amines) is 1. The number of aryl methyl sites for hydroxylation is 1. The van der Waals surface area contributed by atoms with Gasteiger partial charge in [-0.2, -0.15) is 13.2 Å². The summed E-state index contributed by atoms with van der Waals surface area (Å²) in [4.78, 5) is 28.8. The molecule has 40 heavy (non-hydrogen) atoms. The smallest absolute Gasteiger partial charge is 0.381 e. The number of hydrogen-bond acceptors (Lipinski definition) is 5. The molecule has 2 fully saturated rings. The molecule has 2 aliphatic heterocycles. The summed E-state index contributed by atoms with van der Waals surface area (Å²) in [5.41, 5.74) is -0.603. The van der Waals surface area contributed by atoms with Crippen molar-refractivity contribution in [2.45, 2.75) is 49.0 Å². The number of hydrogen-bond donors (Lipinski definition) is 1. The Morgan fingerprint density at radius 3 is 2.48 bits per heavy atom. The number of amides is 2. The van der Waals surface area contributed by atoms with Gasteiger partial charge in [0.05, 0.1) is 35.8 Å². The zero-order chi connectivity index (χ0) is 29.0. The Balaban J connectivity index is 1.45. The van der Waals surface area contributed by atoms with Gasteiger partial charge in [0.15, 0.2) is 9.84 Å². The number of carbonyl (C=O) groups excluding carboxylic acids is 2. The van der Waals surface area contributed by atoms with Gasteiger partial charge in [0.2, 0.25) is 5.91 Å². The number of nitrogens with one attached hydrogen (secondary N) is 1. The molecule has 0 bridgehead atoms. The number of fused-ring (bicyclic) bond motifs is 1. The van der Waals surface area contributed by atoms with Crippen LogP contribution in [0.2, 0.25) is 0 Å². The third-order valence-corrected chi connectivity index (χ3v) is 8.68. The van der Waals surface area contributed by atoms with Crippen molar-refractivity contribution in [2.75, 3.05) is 19.5 Å². The lowest BCUT2D eigenvalue weighted by molar-refractivity contribution is -0.138. The molecule has 212 valence electrons. The van der Waals surface area contributed by atoms with E-state index in [0.717, 1.165) is 18.4 Å². The van der Waals surface area contributed by atoms with E-state index in [9.17, 15) is 35.6 Å². The predicted octanol–water partition coefficient (Wildman–Crippen LogP) is 3.67. The van der Waals surface area contributed by atoms with Gasteiger partial charge in [-0.05, 0) is 49.2 Å². The summed E-state index contributed by atoms with van der Waals surface area (Å²) in [6, 6.07) is 4.03. The predicted molar refractivity (Wildman–Crippen MR) is 135 cm³/mol. The van der Waals surface area contributed by atoms with Gasteiger partial charge in [-0.3, -0.25) is 9.59 Å². The van der Waals surface area contributed by atoms with Crippen LogP contribution in [-0.4, -0.2) is 56.7 Å². The molecule has 2 aromatic rings. The number of rotatable bonds is 6. The van der Waals surface area contributed by atoms with E-state index in [-0.39, 0.29) is 47.5 Å². The number of ether oxygens (including phenoxy) is 1. The third-order valence-electron chi connectivity index (χ3n) is 7.59. The molecule has 0 saturated carbocycles. The van der Waals surface area contributed by atoms with E-state index < -0.39 is 57.3 Å². The Kier molecular flexibility index (Phi) is 7.17. The number of alkyl halides is 3. The lowest BCUT2D eigenvalue weighted by Crippen LogP contribution is -2.52. The fourth-order valence-corrected chi connectivity index (χ4v) is 6.23. The minimum absolute atomic E-state index is 0.0295. The second-order valence-corrected chi connectivity index (χ2v) is 12.5. The van der Waals surface area contributed by atoms with Crippen molar-refractivity contribution in [3.8, 4) is 11.8 Å². The molecular weight excluding hydrogens is 552 g/mol. The monoisotopic (exact) mass is 578 g/mol. The number of halogens is 4. The molecule has 0 unspecified atom stereocenters. The number of nitrogens with zero attached hydrogens (tertiary/aromatic N) is 1. The van der Waals surface area contributed by atoms with Crippen LogP contribution in [-0.2, 0) is 25.5 Å². The fourth-order valence-electron chi connectivity index (χ4n) is 5.49. The molecule has 2 aromatic carbocycles. The SMILES string of the molecule is Cc1cc(C(=O)N2[C@@H](C(=O)N[C@@H](c3ccc(C(F)(F)F)cc3F)C3COC3)C[C@H]3C#CC[C@H]32)cc(S(C)(=O)=O)c1. The molecule has 12 heteroatoms. The lowest BCUT2D eigenvalue weighted by Gasteiger charge is -2.36. The van der Waals surface area contributed by atoms with Gasteiger partial charge >= 0.3 is 6.18 Å². The molecule has 3 aliphatic rings. The van der Waals surface area contributed by atoms with E-state index in [1.165, 1.54) is 17.0 Å². The summed E-state index contributed by atoms with van der Waals surface area (Å²) < 4.78 is 83.8. The van der Waals surface area contributed by atoms with E-state index >= 15 is 0 Å². The van der Waals surface area contributed by atoms with Gasteiger partial charge in [-0.25, -0.2) is 12.8 Å².